The molecule has 0 heterocycles. The van der Waals surface area contributed by atoms with Crippen LogP contribution in [0, 0.1) is 17.0 Å². The molecule has 1 aromatic carbocycles. The molecule has 0 aromatic heterocycles. The number of aryl methyl sites for hydroxylation is 1. The highest BCUT2D eigenvalue weighted by Gasteiger charge is 2.15. The summed E-state index contributed by atoms with van der Waals surface area (Å²) in [4.78, 5) is 21.5. The average molecular weight is 280 g/mol. The van der Waals surface area contributed by atoms with Crippen molar-refractivity contribution in [3.63, 3.8) is 0 Å². The van der Waals surface area contributed by atoms with Gasteiger partial charge in [0.15, 0.2) is 0 Å². The lowest BCUT2D eigenvalue weighted by atomic mass is 10.1. The van der Waals surface area contributed by atoms with Crippen molar-refractivity contribution in [2.45, 2.75) is 32.6 Å². The Morgan fingerprint density at radius 1 is 1.35 bits per heavy atom. The minimum absolute atomic E-state index is 0.127. The zero-order chi connectivity index (χ0) is 15.0. The summed E-state index contributed by atoms with van der Waals surface area (Å²) in [5.41, 5.74) is 1.32. The minimum Gasteiger partial charge on any atom is -0.469 e. The van der Waals surface area contributed by atoms with Crippen LogP contribution >= 0.6 is 0 Å². The summed E-state index contributed by atoms with van der Waals surface area (Å²) in [7, 11) is 1.38. The summed E-state index contributed by atoms with van der Waals surface area (Å²) < 4.78 is 4.55. The molecule has 0 aliphatic heterocycles. The molecule has 20 heavy (non-hydrogen) atoms. The van der Waals surface area contributed by atoms with E-state index in [2.05, 4.69) is 10.1 Å². The van der Waals surface area contributed by atoms with E-state index in [-0.39, 0.29) is 16.6 Å². The standard InChI is InChI=1S/C14H20N2O4/c1-11-7-6-8-12(14(11)16(18)19)15-10-5-3-4-9-13(17)20-2/h6-8,15H,3-5,9-10H2,1-2H3. The van der Waals surface area contributed by atoms with Gasteiger partial charge in [-0.3, -0.25) is 14.9 Å². The minimum atomic E-state index is -0.366. The van der Waals surface area contributed by atoms with Crippen LogP contribution in [-0.4, -0.2) is 24.5 Å². The first-order valence-corrected chi connectivity index (χ1v) is 6.61. The van der Waals surface area contributed by atoms with Gasteiger partial charge in [-0.05, 0) is 25.8 Å². The molecule has 6 nitrogen and oxygen atoms in total. The van der Waals surface area contributed by atoms with E-state index in [0.717, 1.165) is 19.3 Å². The SMILES string of the molecule is COC(=O)CCCCCNc1cccc(C)c1[N+](=O)[O-]. The van der Waals surface area contributed by atoms with Gasteiger partial charge in [0.05, 0.1) is 12.0 Å². The second kappa shape index (κ2) is 8.14. The molecule has 0 saturated carbocycles. The molecule has 0 atom stereocenters. The summed E-state index contributed by atoms with van der Waals surface area (Å²) in [6, 6.07) is 5.22. The van der Waals surface area contributed by atoms with Crippen LogP contribution in [-0.2, 0) is 9.53 Å². The van der Waals surface area contributed by atoms with Gasteiger partial charge in [-0.15, -0.1) is 0 Å². The number of ether oxygens (including phenoxy) is 1. The number of benzene rings is 1. The fraction of sp³-hybridized carbons (Fsp3) is 0.500. The predicted molar refractivity (Wildman–Crippen MR) is 76.8 cm³/mol. The van der Waals surface area contributed by atoms with Crippen LogP contribution in [0.1, 0.15) is 31.2 Å². The third-order valence-electron chi connectivity index (χ3n) is 3.02. The van der Waals surface area contributed by atoms with Crippen LogP contribution in [0.5, 0.6) is 0 Å². The zero-order valence-corrected chi connectivity index (χ0v) is 11.8. The molecule has 1 N–H and O–H groups in total. The third-order valence-corrected chi connectivity index (χ3v) is 3.02. The molecule has 0 aliphatic rings. The van der Waals surface area contributed by atoms with E-state index in [9.17, 15) is 14.9 Å². The van der Waals surface area contributed by atoms with Gasteiger partial charge in [0.1, 0.15) is 5.69 Å². The monoisotopic (exact) mass is 280 g/mol. The van der Waals surface area contributed by atoms with Crippen molar-refractivity contribution in [3.8, 4) is 0 Å². The van der Waals surface area contributed by atoms with Crippen LogP contribution in [0.15, 0.2) is 18.2 Å². The van der Waals surface area contributed by atoms with Gasteiger partial charge in [0, 0.05) is 18.5 Å². The molecule has 0 aliphatic carbocycles. The number of unbranched alkanes of at least 4 members (excludes halogenated alkanes) is 2. The van der Waals surface area contributed by atoms with Gasteiger partial charge in [-0.1, -0.05) is 18.6 Å². The van der Waals surface area contributed by atoms with Crippen LogP contribution in [0.2, 0.25) is 0 Å². The maximum absolute atomic E-state index is 11.0. The average Bonchev–Trinajstić information content (AvgIpc) is 2.41. The number of hydrogen-bond acceptors (Lipinski definition) is 5. The van der Waals surface area contributed by atoms with Gasteiger partial charge < -0.3 is 10.1 Å². The lowest BCUT2D eigenvalue weighted by Gasteiger charge is -2.08. The maximum Gasteiger partial charge on any atom is 0.305 e. The van der Waals surface area contributed by atoms with Crippen LogP contribution in [0.25, 0.3) is 0 Å². The molecule has 0 fully saturated rings. The topological polar surface area (TPSA) is 81.5 Å². The second-order valence-electron chi connectivity index (χ2n) is 4.54. The summed E-state index contributed by atoms with van der Waals surface area (Å²) >= 11 is 0. The first kappa shape index (κ1) is 15.9. The number of hydrogen-bond donors (Lipinski definition) is 1. The number of rotatable bonds is 8. The van der Waals surface area contributed by atoms with Crippen molar-refractivity contribution < 1.29 is 14.5 Å². The fourth-order valence-corrected chi connectivity index (χ4v) is 1.94. The molecule has 6 heteroatoms. The van der Waals surface area contributed by atoms with Gasteiger partial charge >= 0.3 is 5.97 Å². The Morgan fingerprint density at radius 3 is 2.75 bits per heavy atom. The van der Waals surface area contributed by atoms with Crippen molar-refractivity contribution in [2.24, 2.45) is 0 Å². The Bertz CT molecular complexity index is 474. The second-order valence-corrected chi connectivity index (χ2v) is 4.54. The Labute approximate surface area is 118 Å². The van der Waals surface area contributed by atoms with E-state index >= 15 is 0 Å². The molecule has 0 unspecified atom stereocenters. The quantitative estimate of drug-likeness (QED) is 0.342. The molecule has 110 valence electrons. The molecule has 0 bridgehead atoms. The Kier molecular flexibility index (Phi) is 6.49. The summed E-state index contributed by atoms with van der Waals surface area (Å²) in [5.74, 6) is -0.202. The van der Waals surface area contributed by atoms with E-state index in [0.29, 0.717) is 24.2 Å². The number of methoxy groups -OCH3 is 1. The highest BCUT2D eigenvalue weighted by Crippen LogP contribution is 2.27. The Balaban J connectivity index is 2.37. The number of nitro groups is 1. The van der Waals surface area contributed by atoms with E-state index in [1.807, 2.05) is 0 Å². The zero-order valence-electron chi connectivity index (χ0n) is 11.8. The molecule has 0 spiro atoms. The summed E-state index contributed by atoms with van der Waals surface area (Å²) in [5, 5.41) is 14.1. The Hall–Kier alpha value is -2.11. The molecular weight excluding hydrogens is 260 g/mol. The summed E-state index contributed by atoms with van der Waals surface area (Å²) in [6.07, 6.45) is 2.91. The molecule has 0 amide bonds. The molecule has 0 radical (unpaired) electrons. The van der Waals surface area contributed by atoms with Gasteiger partial charge in [-0.2, -0.15) is 0 Å². The molecule has 1 aromatic rings. The number of carbonyl (C=O) groups excluding carboxylic acids is 1. The number of para-hydroxylation sites is 1. The molecular formula is C14H20N2O4. The molecule has 1 rings (SSSR count). The maximum atomic E-state index is 11.0. The highest BCUT2D eigenvalue weighted by molar-refractivity contribution is 5.69. The lowest BCUT2D eigenvalue weighted by Crippen LogP contribution is -2.06. The predicted octanol–water partition coefficient (Wildman–Crippen LogP) is 3.05. The van der Waals surface area contributed by atoms with Crippen molar-refractivity contribution in [2.75, 3.05) is 19.0 Å². The van der Waals surface area contributed by atoms with Gasteiger partial charge in [-0.25, -0.2) is 0 Å². The smallest absolute Gasteiger partial charge is 0.305 e. The number of nitrogens with one attached hydrogen (secondary N) is 1. The van der Waals surface area contributed by atoms with Crippen molar-refractivity contribution >= 4 is 17.3 Å². The van der Waals surface area contributed by atoms with Gasteiger partial charge in [0.25, 0.3) is 5.69 Å². The largest absolute Gasteiger partial charge is 0.469 e. The van der Waals surface area contributed by atoms with Crippen LogP contribution in [0.3, 0.4) is 0 Å². The lowest BCUT2D eigenvalue weighted by molar-refractivity contribution is -0.384. The number of anilines is 1. The van der Waals surface area contributed by atoms with Crippen molar-refractivity contribution in [1.82, 2.24) is 0 Å². The van der Waals surface area contributed by atoms with Crippen molar-refractivity contribution in [3.05, 3.63) is 33.9 Å². The van der Waals surface area contributed by atoms with E-state index in [1.54, 1.807) is 25.1 Å². The van der Waals surface area contributed by atoms with Gasteiger partial charge in [0.2, 0.25) is 0 Å². The third kappa shape index (κ3) is 4.87. The van der Waals surface area contributed by atoms with E-state index in [1.165, 1.54) is 7.11 Å². The first-order chi connectivity index (χ1) is 9.56. The first-order valence-electron chi connectivity index (χ1n) is 6.61. The number of carbonyl (C=O) groups is 1. The highest BCUT2D eigenvalue weighted by atomic mass is 16.6. The number of nitro benzene ring substituents is 1. The summed E-state index contributed by atoms with van der Waals surface area (Å²) in [6.45, 7) is 2.37. The van der Waals surface area contributed by atoms with Crippen molar-refractivity contribution in [1.29, 1.82) is 0 Å². The Morgan fingerprint density at radius 2 is 2.10 bits per heavy atom. The normalized spacial score (nSPS) is 10.1. The molecule has 0 saturated heterocycles. The van der Waals surface area contributed by atoms with Crippen LogP contribution in [0.4, 0.5) is 11.4 Å². The number of nitrogens with zero attached hydrogens (tertiary/aromatic N) is 1. The number of esters is 1. The van der Waals surface area contributed by atoms with E-state index < -0.39 is 0 Å². The fourth-order valence-electron chi connectivity index (χ4n) is 1.94. The van der Waals surface area contributed by atoms with Crippen LogP contribution < -0.4 is 5.32 Å². The van der Waals surface area contributed by atoms with E-state index in [4.69, 9.17) is 0 Å².